The summed E-state index contributed by atoms with van der Waals surface area (Å²) in [7, 11) is 0. The van der Waals surface area contributed by atoms with Crippen molar-refractivity contribution in [2.45, 2.75) is 26.2 Å². The third-order valence-corrected chi connectivity index (χ3v) is 2.35. The Bertz CT molecular complexity index is 458. The molecule has 0 aromatic heterocycles. The highest BCUT2D eigenvalue weighted by atomic mass is 19.2. The fourth-order valence-corrected chi connectivity index (χ4v) is 1.38. The minimum Gasteiger partial charge on any atom is -0.466 e. The molecule has 0 radical (unpaired) electrons. The lowest BCUT2D eigenvalue weighted by molar-refractivity contribution is -0.143. The van der Waals surface area contributed by atoms with Gasteiger partial charge in [-0.25, -0.2) is 22.0 Å². The summed E-state index contributed by atoms with van der Waals surface area (Å²) in [4.78, 5) is 11.1. The summed E-state index contributed by atoms with van der Waals surface area (Å²) in [6.07, 6.45) is -0.513. The predicted octanol–water partition coefficient (Wildman–Crippen LogP) is 3.27. The second-order valence-electron chi connectivity index (χ2n) is 3.77. The highest BCUT2D eigenvalue weighted by Crippen LogP contribution is 2.24. The third-order valence-electron chi connectivity index (χ3n) is 2.35. The van der Waals surface area contributed by atoms with Crippen LogP contribution in [0.25, 0.3) is 0 Å². The van der Waals surface area contributed by atoms with Gasteiger partial charge in [-0.05, 0) is 12.8 Å². The molecule has 0 fully saturated rings. The lowest BCUT2D eigenvalue weighted by atomic mass is 10.1. The zero-order valence-corrected chi connectivity index (χ0v) is 10.0. The van der Waals surface area contributed by atoms with Gasteiger partial charge in [-0.15, -0.1) is 0 Å². The van der Waals surface area contributed by atoms with E-state index in [1.165, 1.54) is 0 Å². The summed E-state index contributed by atoms with van der Waals surface area (Å²) in [5, 5.41) is 0. The lowest BCUT2D eigenvalue weighted by Gasteiger charge is -2.08. The predicted molar refractivity (Wildman–Crippen MR) is 55.8 cm³/mol. The number of halogens is 5. The van der Waals surface area contributed by atoms with Crippen LogP contribution in [0.4, 0.5) is 22.0 Å². The number of rotatable bonds is 5. The van der Waals surface area contributed by atoms with Crippen LogP contribution in [0.15, 0.2) is 0 Å². The van der Waals surface area contributed by atoms with Crippen molar-refractivity contribution in [1.82, 2.24) is 0 Å². The number of ether oxygens (including phenoxy) is 1. The molecule has 0 aliphatic heterocycles. The van der Waals surface area contributed by atoms with E-state index in [0.29, 0.717) is 6.42 Å². The molecular formula is C12H11F5O2. The van der Waals surface area contributed by atoms with Gasteiger partial charge in [-0.3, -0.25) is 4.79 Å². The van der Waals surface area contributed by atoms with Gasteiger partial charge in [0.1, 0.15) is 0 Å². The van der Waals surface area contributed by atoms with Gasteiger partial charge in [0.2, 0.25) is 5.82 Å². The summed E-state index contributed by atoms with van der Waals surface area (Å²) in [6, 6.07) is 0. The number of benzene rings is 1. The third kappa shape index (κ3) is 3.42. The number of carbonyl (C=O) groups is 1. The van der Waals surface area contributed by atoms with Gasteiger partial charge in [-0.2, -0.15) is 0 Å². The zero-order valence-electron chi connectivity index (χ0n) is 10.0. The highest BCUT2D eigenvalue weighted by Gasteiger charge is 2.25. The molecular weight excluding hydrogens is 271 g/mol. The molecule has 0 heterocycles. The van der Waals surface area contributed by atoms with Gasteiger partial charge in [0.05, 0.1) is 6.61 Å². The van der Waals surface area contributed by atoms with Crippen molar-refractivity contribution >= 4 is 5.97 Å². The molecule has 1 aromatic carbocycles. The van der Waals surface area contributed by atoms with E-state index in [1.807, 2.05) is 0 Å². The highest BCUT2D eigenvalue weighted by molar-refractivity contribution is 5.69. The molecule has 0 amide bonds. The summed E-state index contributed by atoms with van der Waals surface area (Å²) in [5.41, 5.74) is -1.01. The number of esters is 1. The monoisotopic (exact) mass is 282 g/mol. The average Bonchev–Trinajstić information content (AvgIpc) is 2.40. The largest absolute Gasteiger partial charge is 0.466 e. The molecule has 0 saturated heterocycles. The standard InChI is InChI=1S/C12H11F5O2/c1-2-5-19-7(18)4-3-6-8(13)10(15)12(17)11(16)9(6)14/h2-5H2,1H3. The minimum atomic E-state index is -2.22. The van der Waals surface area contributed by atoms with Crippen molar-refractivity contribution in [3.63, 3.8) is 0 Å². The first-order valence-corrected chi connectivity index (χ1v) is 5.56. The van der Waals surface area contributed by atoms with Crippen LogP contribution >= 0.6 is 0 Å². The van der Waals surface area contributed by atoms with Crippen LogP contribution in [0.2, 0.25) is 0 Å². The normalized spacial score (nSPS) is 10.6. The quantitative estimate of drug-likeness (QED) is 0.358. The van der Waals surface area contributed by atoms with Crippen LogP contribution in [0.3, 0.4) is 0 Å². The van der Waals surface area contributed by atoms with Crippen LogP contribution in [0, 0.1) is 29.1 Å². The van der Waals surface area contributed by atoms with E-state index < -0.39 is 53.5 Å². The van der Waals surface area contributed by atoms with E-state index in [4.69, 9.17) is 0 Å². The smallest absolute Gasteiger partial charge is 0.306 e. The molecule has 0 saturated carbocycles. The fourth-order valence-electron chi connectivity index (χ4n) is 1.38. The van der Waals surface area contributed by atoms with Crippen molar-refractivity contribution in [3.05, 3.63) is 34.6 Å². The molecule has 1 rings (SSSR count). The van der Waals surface area contributed by atoms with E-state index in [2.05, 4.69) is 4.74 Å². The second-order valence-corrected chi connectivity index (χ2v) is 3.77. The van der Waals surface area contributed by atoms with Gasteiger partial charge >= 0.3 is 5.97 Å². The molecule has 0 bridgehead atoms. The van der Waals surface area contributed by atoms with E-state index in [0.717, 1.165) is 0 Å². The first-order valence-electron chi connectivity index (χ1n) is 5.56. The van der Waals surface area contributed by atoms with E-state index in [-0.39, 0.29) is 6.61 Å². The Morgan fingerprint density at radius 1 is 0.947 bits per heavy atom. The molecule has 0 N–H and O–H groups in total. The van der Waals surface area contributed by atoms with Gasteiger partial charge in [0.15, 0.2) is 23.3 Å². The van der Waals surface area contributed by atoms with E-state index in [1.54, 1.807) is 6.92 Å². The van der Waals surface area contributed by atoms with E-state index in [9.17, 15) is 26.7 Å². The SMILES string of the molecule is CCCOC(=O)CCc1c(F)c(F)c(F)c(F)c1F. The fraction of sp³-hybridized carbons (Fsp3) is 0.417. The summed E-state index contributed by atoms with van der Waals surface area (Å²) >= 11 is 0. The average molecular weight is 282 g/mol. The van der Waals surface area contributed by atoms with E-state index >= 15 is 0 Å². The topological polar surface area (TPSA) is 26.3 Å². The first kappa shape index (κ1) is 15.4. The summed E-state index contributed by atoms with van der Waals surface area (Å²) in [5.74, 6) is -10.8. The van der Waals surface area contributed by atoms with Crippen molar-refractivity contribution in [2.75, 3.05) is 6.61 Å². The van der Waals surface area contributed by atoms with Crippen molar-refractivity contribution in [2.24, 2.45) is 0 Å². The summed E-state index contributed by atoms with van der Waals surface area (Å²) < 4.78 is 69.5. The Balaban J connectivity index is 2.87. The molecule has 0 aliphatic rings. The second kappa shape index (κ2) is 6.49. The van der Waals surface area contributed by atoms with Gasteiger partial charge in [0, 0.05) is 12.0 Å². The molecule has 7 heteroatoms. The molecule has 19 heavy (non-hydrogen) atoms. The Hall–Kier alpha value is -1.66. The molecule has 0 atom stereocenters. The number of hydrogen-bond donors (Lipinski definition) is 0. The zero-order chi connectivity index (χ0) is 14.6. The number of hydrogen-bond acceptors (Lipinski definition) is 2. The Labute approximate surface area is 106 Å². The molecule has 1 aromatic rings. The molecule has 106 valence electrons. The first-order chi connectivity index (χ1) is 8.90. The Morgan fingerprint density at radius 2 is 1.42 bits per heavy atom. The maximum Gasteiger partial charge on any atom is 0.306 e. The molecule has 0 unspecified atom stereocenters. The van der Waals surface area contributed by atoms with Crippen LogP contribution in [-0.2, 0) is 16.0 Å². The maximum atomic E-state index is 13.2. The Morgan fingerprint density at radius 3 is 1.89 bits per heavy atom. The van der Waals surface area contributed by atoms with Gasteiger partial charge < -0.3 is 4.74 Å². The van der Waals surface area contributed by atoms with Crippen molar-refractivity contribution in [3.8, 4) is 0 Å². The van der Waals surface area contributed by atoms with Crippen LogP contribution in [0.5, 0.6) is 0 Å². The van der Waals surface area contributed by atoms with Crippen LogP contribution in [0.1, 0.15) is 25.3 Å². The summed E-state index contributed by atoms with van der Waals surface area (Å²) in [6.45, 7) is 1.88. The Kier molecular flexibility index (Phi) is 5.26. The van der Waals surface area contributed by atoms with Gasteiger partial charge in [0.25, 0.3) is 0 Å². The molecule has 0 aliphatic carbocycles. The molecule has 2 nitrogen and oxygen atoms in total. The van der Waals surface area contributed by atoms with Crippen molar-refractivity contribution < 1.29 is 31.5 Å². The minimum absolute atomic E-state index is 0.135. The lowest BCUT2D eigenvalue weighted by Crippen LogP contribution is -2.11. The molecule has 0 spiro atoms. The number of carbonyl (C=O) groups excluding carboxylic acids is 1. The maximum absolute atomic E-state index is 13.2. The van der Waals surface area contributed by atoms with Crippen LogP contribution < -0.4 is 0 Å². The van der Waals surface area contributed by atoms with Gasteiger partial charge in [-0.1, -0.05) is 6.92 Å². The van der Waals surface area contributed by atoms with Crippen molar-refractivity contribution in [1.29, 1.82) is 0 Å². The van der Waals surface area contributed by atoms with Crippen LogP contribution in [-0.4, -0.2) is 12.6 Å².